The molecular weight excluding hydrogens is 220 g/mol. The Morgan fingerprint density at radius 2 is 2.06 bits per heavy atom. The first-order valence-corrected chi connectivity index (χ1v) is 7.42. The van der Waals surface area contributed by atoms with Crippen LogP contribution < -0.4 is 0 Å². The summed E-state index contributed by atoms with van der Waals surface area (Å²) in [5, 5.41) is 0.743. The van der Waals surface area contributed by atoms with Crippen LogP contribution in [0.2, 0.25) is 0 Å². The number of Topliss-reactive ketones (excluding diaryl/α,β-unsaturated/α-hetero) is 1. The minimum Gasteiger partial charge on any atom is -0.385 e. The second-order valence-electron chi connectivity index (χ2n) is 4.72. The molecule has 0 saturated heterocycles. The van der Waals surface area contributed by atoms with Gasteiger partial charge in [0.15, 0.2) is 0 Å². The molecular formula is C13H24O2S. The SMILES string of the molecule is COCCC(C)C(=O)CSC1CCCCC1. The third kappa shape index (κ3) is 5.35. The van der Waals surface area contributed by atoms with Gasteiger partial charge in [0.05, 0.1) is 5.75 Å². The topological polar surface area (TPSA) is 26.3 Å². The first-order valence-electron chi connectivity index (χ1n) is 6.37. The van der Waals surface area contributed by atoms with E-state index < -0.39 is 0 Å². The highest BCUT2D eigenvalue weighted by atomic mass is 32.2. The van der Waals surface area contributed by atoms with Gasteiger partial charge in [-0.3, -0.25) is 4.79 Å². The fraction of sp³-hybridized carbons (Fsp3) is 0.923. The molecule has 0 spiro atoms. The Bertz CT molecular complexity index is 200. The average molecular weight is 244 g/mol. The van der Waals surface area contributed by atoms with Crippen molar-refractivity contribution in [1.29, 1.82) is 0 Å². The number of hydrogen-bond acceptors (Lipinski definition) is 3. The molecule has 1 rings (SSSR count). The Hall–Kier alpha value is -0.0200. The predicted octanol–water partition coefficient (Wildman–Crippen LogP) is 3.29. The van der Waals surface area contributed by atoms with Crippen molar-refractivity contribution in [2.75, 3.05) is 19.5 Å². The van der Waals surface area contributed by atoms with E-state index in [9.17, 15) is 4.79 Å². The van der Waals surface area contributed by atoms with Gasteiger partial charge in [-0.25, -0.2) is 0 Å². The smallest absolute Gasteiger partial charge is 0.145 e. The quantitative estimate of drug-likeness (QED) is 0.687. The number of carbonyl (C=O) groups is 1. The lowest BCUT2D eigenvalue weighted by molar-refractivity contribution is -0.120. The molecule has 0 radical (unpaired) electrons. The third-order valence-electron chi connectivity index (χ3n) is 3.32. The van der Waals surface area contributed by atoms with Gasteiger partial charge in [0, 0.05) is 24.9 Å². The summed E-state index contributed by atoms with van der Waals surface area (Å²) >= 11 is 1.88. The first kappa shape index (κ1) is 14.0. The Morgan fingerprint density at radius 3 is 2.69 bits per heavy atom. The zero-order valence-electron chi connectivity index (χ0n) is 10.5. The van der Waals surface area contributed by atoms with Gasteiger partial charge in [-0.05, 0) is 19.3 Å². The monoisotopic (exact) mass is 244 g/mol. The van der Waals surface area contributed by atoms with Crippen LogP contribution in [0.1, 0.15) is 45.4 Å². The number of rotatable bonds is 7. The van der Waals surface area contributed by atoms with Crippen LogP contribution in [0, 0.1) is 5.92 Å². The van der Waals surface area contributed by atoms with Crippen molar-refractivity contribution >= 4 is 17.5 Å². The molecule has 16 heavy (non-hydrogen) atoms. The highest BCUT2D eigenvalue weighted by molar-refractivity contribution is 8.00. The van der Waals surface area contributed by atoms with E-state index in [1.54, 1.807) is 7.11 Å². The third-order valence-corrected chi connectivity index (χ3v) is 4.71. The molecule has 94 valence electrons. The standard InChI is InChI=1S/C13H24O2S/c1-11(8-9-15-2)13(14)10-16-12-6-4-3-5-7-12/h11-12H,3-10H2,1-2H3. The Labute approximate surface area is 104 Å². The van der Waals surface area contributed by atoms with E-state index in [2.05, 4.69) is 0 Å². The number of thioether (sulfide) groups is 1. The lowest BCUT2D eigenvalue weighted by atomic mass is 10.0. The summed E-state index contributed by atoms with van der Waals surface area (Å²) in [4.78, 5) is 11.8. The molecule has 0 heterocycles. The summed E-state index contributed by atoms with van der Waals surface area (Å²) in [6.45, 7) is 2.71. The van der Waals surface area contributed by atoms with Gasteiger partial charge >= 0.3 is 0 Å². The van der Waals surface area contributed by atoms with Crippen LogP contribution >= 0.6 is 11.8 Å². The molecule has 0 aromatic heterocycles. The van der Waals surface area contributed by atoms with E-state index in [0.717, 1.165) is 11.7 Å². The molecule has 0 amide bonds. The maximum absolute atomic E-state index is 11.8. The number of ether oxygens (including phenoxy) is 1. The number of methoxy groups -OCH3 is 1. The summed E-state index contributed by atoms with van der Waals surface area (Å²) in [6, 6.07) is 0. The first-order chi connectivity index (χ1) is 7.74. The molecule has 1 saturated carbocycles. The fourth-order valence-electron chi connectivity index (χ4n) is 2.03. The van der Waals surface area contributed by atoms with Gasteiger partial charge in [-0.15, -0.1) is 0 Å². The van der Waals surface area contributed by atoms with Crippen molar-refractivity contribution in [1.82, 2.24) is 0 Å². The summed E-state index contributed by atoms with van der Waals surface area (Å²) in [7, 11) is 1.69. The number of carbonyl (C=O) groups excluding carboxylic acids is 1. The number of hydrogen-bond donors (Lipinski definition) is 0. The van der Waals surface area contributed by atoms with Crippen LogP contribution in [-0.2, 0) is 9.53 Å². The van der Waals surface area contributed by atoms with Crippen LogP contribution in [0.25, 0.3) is 0 Å². The maximum Gasteiger partial charge on any atom is 0.145 e. The average Bonchev–Trinajstić information content (AvgIpc) is 2.34. The van der Waals surface area contributed by atoms with Crippen molar-refractivity contribution in [3.05, 3.63) is 0 Å². The molecule has 0 N–H and O–H groups in total. The molecule has 1 aliphatic rings. The Kier molecular flexibility index (Phi) is 7.13. The molecule has 0 aliphatic heterocycles. The van der Waals surface area contributed by atoms with Crippen molar-refractivity contribution in [2.45, 2.75) is 50.7 Å². The summed E-state index contributed by atoms with van der Waals surface area (Å²) in [6.07, 6.45) is 7.57. The normalized spacial score (nSPS) is 19.6. The van der Waals surface area contributed by atoms with Crippen molar-refractivity contribution in [3.63, 3.8) is 0 Å². The number of ketones is 1. The molecule has 0 bridgehead atoms. The van der Waals surface area contributed by atoms with Crippen molar-refractivity contribution in [2.24, 2.45) is 5.92 Å². The molecule has 0 aromatic rings. The van der Waals surface area contributed by atoms with Gasteiger partial charge in [0.2, 0.25) is 0 Å². The maximum atomic E-state index is 11.8. The lowest BCUT2D eigenvalue weighted by Gasteiger charge is -2.21. The van der Waals surface area contributed by atoms with E-state index >= 15 is 0 Å². The van der Waals surface area contributed by atoms with Crippen LogP contribution in [0.4, 0.5) is 0 Å². The van der Waals surface area contributed by atoms with Crippen molar-refractivity contribution < 1.29 is 9.53 Å². The Morgan fingerprint density at radius 1 is 1.38 bits per heavy atom. The van der Waals surface area contributed by atoms with E-state index in [1.807, 2.05) is 18.7 Å². The van der Waals surface area contributed by atoms with Crippen LogP contribution in [-0.4, -0.2) is 30.5 Å². The predicted molar refractivity (Wildman–Crippen MR) is 70.0 cm³/mol. The highest BCUT2D eigenvalue weighted by Gasteiger charge is 2.18. The van der Waals surface area contributed by atoms with Crippen LogP contribution in [0.3, 0.4) is 0 Å². The summed E-state index contributed by atoms with van der Waals surface area (Å²) in [5.74, 6) is 1.26. The summed E-state index contributed by atoms with van der Waals surface area (Å²) in [5.41, 5.74) is 0. The zero-order valence-corrected chi connectivity index (χ0v) is 11.4. The molecule has 1 aliphatic carbocycles. The van der Waals surface area contributed by atoms with Crippen LogP contribution in [0.15, 0.2) is 0 Å². The van der Waals surface area contributed by atoms with Gasteiger partial charge in [-0.1, -0.05) is 26.2 Å². The van der Waals surface area contributed by atoms with E-state index in [4.69, 9.17) is 4.74 Å². The second-order valence-corrected chi connectivity index (χ2v) is 6.01. The molecule has 0 aromatic carbocycles. The van der Waals surface area contributed by atoms with Crippen molar-refractivity contribution in [3.8, 4) is 0 Å². The van der Waals surface area contributed by atoms with E-state index in [1.165, 1.54) is 32.1 Å². The molecule has 3 heteroatoms. The van der Waals surface area contributed by atoms with E-state index in [0.29, 0.717) is 18.1 Å². The molecule has 1 atom stereocenters. The minimum absolute atomic E-state index is 0.163. The molecule has 1 fully saturated rings. The Balaban J connectivity index is 2.12. The summed E-state index contributed by atoms with van der Waals surface area (Å²) < 4.78 is 5.00. The zero-order chi connectivity index (χ0) is 11.8. The highest BCUT2D eigenvalue weighted by Crippen LogP contribution is 2.28. The van der Waals surface area contributed by atoms with Gasteiger partial charge < -0.3 is 4.74 Å². The largest absolute Gasteiger partial charge is 0.385 e. The molecule has 1 unspecified atom stereocenters. The van der Waals surface area contributed by atoms with Gasteiger partial charge in [0.1, 0.15) is 5.78 Å². The van der Waals surface area contributed by atoms with Gasteiger partial charge in [-0.2, -0.15) is 11.8 Å². The lowest BCUT2D eigenvalue weighted by Crippen LogP contribution is -2.18. The van der Waals surface area contributed by atoms with E-state index in [-0.39, 0.29) is 5.92 Å². The molecule has 2 nitrogen and oxygen atoms in total. The fourth-order valence-corrected chi connectivity index (χ4v) is 3.38. The minimum atomic E-state index is 0.163. The second kappa shape index (κ2) is 8.13. The van der Waals surface area contributed by atoms with Crippen LogP contribution in [0.5, 0.6) is 0 Å². The van der Waals surface area contributed by atoms with Gasteiger partial charge in [0.25, 0.3) is 0 Å².